The Morgan fingerprint density at radius 2 is 2.05 bits per heavy atom. The van der Waals surface area contributed by atoms with E-state index in [9.17, 15) is 5.11 Å². The van der Waals surface area contributed by atoms with Crippen molar-refractivity contribution in [3.63, 3.8) is 0 Å². The molecule has 1 aromatic heterocycles. The molecule has 1 aromatic carbocycles. The summed E-state index contributed by atoms with van der Waals surface area (Å²) in [6, 6.07) is 8.37. The fourth-order valence-corrected chi connectivity index (χ4v) is 2.54. The number of rotatable bonds is 6. The van der Waals surface area contributed by atoms with E-state index < -0.39 is 6.10 Å². The first-order valence-corrected chi connectivity index (χ1v) is 7.42. The summed E-state index contributed by atoms with van der Waals surface area (Å²) in [6.07, 6.45) is 5.20. The minimum Gasteiger partial charge on any atom is -0.388 e. The van der Waals surface area contributed by atoms with Crippen molar-refractivity contribution in [2.75, 3.05) is 0 Å². The average molecular weight is 271 g/mol. The second-order valence-corrected chi connectivity index (χ2v) is 5.56. The van der Waals surface area contributed by atoms with Crippen LogP contribution in [-0.2, 0) is 13.0 Å². The second-order valence-electron chi connectivity index (χ2n) is 5.56. The predicted molar refractivity (Wildman–Crippen MR) is 77.4 cm³/mol. The Morgan fingerprint density at radius 1 is 1.30 bits per heavy atom. The van der Waals surface area contributed by atoms with Crippen molar-refractivity contribution in [2.45, 2.75) is 51.2 Å². The molecule has 20 heavy (non-hydrogen) atoms. The Balaban J connectivity index is 1.68. The molecule has 1 unspecified atom stereocenters. The zero-order valence-electron chi connectivity index (χ0n) is 11.9. The van der Waals surface area contributed by atoms with E-state index in [0.717, 1.165) is 30.3 Å². The zero-order valence-corrected chi connectivity index (χ0v) is 11.9. The van der Waals surface area contributed by atoms with Gasteiger partial charge in [-0.05, 0) is 36.3 Å². The first-order valence-electron chi connectivity index (χ1n) is 7.42. The lowest BCUT2D eigenvalue weighted by atomic mass is 10.0. The Morgan fingerprint density at radius 3 is 2.70 bits per heavy atom. The third-order valence-corrected chi connectivity index (χ3v) is 3.88. The molecule has 1 aliphatic rings. The average Bonchev–Trinajstić information content (AvgIpc) is 3.23. The number of aromatic nitrogens is 3. The van der Waals surface area contributed by atoms with Gasteiger partial charge in [0.15, 0.2) is 0 Å². The largest absolute Gasteiger partial charge is 0.388 e. The molecule has 0 aliphatic heterocycles. The number of hydrogen-bond acceptors (Lipinski definition) is 3. The Kier molecular flexibility index (Phi) is 3.83. The summed E-state index contributed by atoms with van der Waals surface area (Å²) in [6.45, 7) is 2.96. The summed E-state index contributed by atoms with van der Waals surface area (Å²) >= 11 is 0. The van der Waals surface area contributed by atoms with Crippen LogP contribution in [0.3, 0.4) is 0 Å². The molecule has 1 aliphatic carbocycles. The summed E-state index contributed by atoms with van der Waals surface area (Å²) in [4.78, 5) is 4.25. The molecule has 1 heterocycles. The van der Waals surface area contributed by atoms with Crippen LogP contribution in [-0.4, -0.2) is 19.9 Å². The van der Waals surface area contributed by atoms with Gasteiger partial charge in [0.25, 0.3) is 0 Å². The number of aryl methyl sites for hydroxylation is 1. The molecular formula is C16H21N3O. The summed E-state index contributed by atoms with van der Waals surface area (Å²) in [7, 11) is 0. The van der Waals surface area contributed by atoms with Crippen LogP contribution in [0.25, 0.3) is 0 Å². The summed E-state index contributed by atoms with van der Waals surface area (Å²) in [5, 5.41) is 14.5. The van der Waals surface area contributed by atoms with Gasteiger partial charge in [-0.1, -0.05) is 31.2 Å². The number of hydrogen-bond donors (Lipinski definition) is 1. The lowest BCUT2D eigenvalue weighted by Gasteiger charge is -2.12. The van der Waals surface area contributed by atoms with Crippen LogP contribution < -0.4 is 0 Å². The first-order chi connectivity index (χ1) is 9.78. The zero-order chi connectivity index (χ0) is 13.9. The van der Waals surface area contributed by atoms with Crippen LogP contribution in [0.1, 0.15) is 55.2 Å². The van der Waals surface area contributed by atoms with E-state index in [1.54, 1.807) is 6.33 Å². The van der Waals surface area contributed by atoms with Gasteiger partial charge >= 0.3 is 0 Å². The number of aliphatic hydroxyl groups excluding tert-OH is 1. The fraction of sp³-hybridized carbons (Fsp3) is 0.500. The predicted octanol–water partition coefficient (Wildman–Crippen LogP) is 2.84. The van der Waals surface area contributed by atoms with E-state index in [2.05, 4.69) is 29.1 Å². The first kappa shape index (κ1) is 13.3. The second kappa shape index (κ2) is 5.75. The van der Waals surface area contributed by atoms with Crippen molar-refractivity contribution in [2.24, 2.45) is 0 Å². The van der Waals surface area contributed by atoms with Crippen LogP contribution in [0.2, 0.25) is 0 Å². The number of benzene rings is 1. The van der Waals surface area contributed by atoms with E-state index in [0.29, 0.717) is 6.42 Å². The topological polar surface area (TPSA) is 50.9 Å². The van der Waals surface area contributed by atoms with Crippen LogP contribution in [0.15, 0.2) is 30.6 Å². The smallest absolute Gasteiger partial charge is 0.138 e. The summed E-state index contributed by atoms with van der Waals surface area (Å²) < 4.78 is 1.88. The molecular weight excluding hydrogens is 250 g/mol. The Bertz CT molecular complexity index is 557. The van der Waals surface area contributed by atoms with Crippen LogP contribution in [0.5, 0.6) is 0 Å². The highest BCUT2D eigenvalue weighted by atomic mass is 16.3. The van der Waals surface area contributed by atoms with Gasteiger partial charge in [-0.2, -0.15) is 5.10 Å². The van der Waals surface area contributed by atoms with Gasteiger partial charge in [-0.3, -0.25) is 4.68 Å². The van der Waals surface area contributed by atoms with Crippen LogP contribution in [0.4, 0.5) is 0 Å². The van der Waals surface area contributed by atoms with Crippen molar-refractivity contribution in [1.82, 2.24) is 14.8 Å². The third kappa shape index (κ3) is 2.90. The van der Waals surface area contributed by atoms with Crippen molar-refractivity contribution >= 4 is 0 Å². The van der Waals surface area contributed by atoms with Crippen molar-refractivity contribution in [3.05, 3.63) is 47.5 Å². The molecule has 2 aromatic rings. The van der Waals surface area contributed by atoms with Crippen molar-refractivity contribution in [3.8, 4) is 0 Å². The molecule has 0 amide bonds. The molecule has 3 rings (SSSR count). The van der Waals surface area contributed by atoms with E-state index in [4.69, 9.17) is 0 Å². The molecule has 4 heteroatoms. The van der Waals surface area contributed by atoms with Gasteiger partial charge in [0.2, 0.25) is 0 Å². The van der Waals surface area contributed by atoms with Gasteiger partial charge < -0.3 is 5.11 Å². The van der Waals surface area contributed by atoms with Gasteiger partial charge in [-0.15, -0.1) is 0 Å². The number of aliphatic hydroxyl groups is 1. The van der Waals surface area contributed by atoms with Gasteiger partial charge in [0.05, 0.1) is 6.10 Å². The monoisotopic (exact) mass is 271 g/mol. The number of nitrogens with zero attached hydrogens (tertiary/aromatic N) is 3. The highest BCUT2D eigenvalue weighted by Gasteiger charge is 2.23. The lowest BCUT2D eigenvalue weighted by Crippen LogP contribution is -2.10. The summed E-state index contributed by atoms with van der Waals surface area (Å²) in [5.41, 5.74) is 2.36. The van der Waals surface area contributed by atoms with E-state index in [1.807, 2.05) is 16.8 Å². The maximum atomic E-state index is 10.3. The van der Waals surface area contributed by atoms with Gasteiger partial charge in [0, 0.05) is 13.0 Å². The standard InChI is InChI=1S/C16H21N3O/c1-2-9-19-16(17-11-18-19)10-15(20)14-7-5-13(6-8-14)12-3-4-12/h5-8,11-12,15,20H,2-4,9-10H2,1H3. The lowest BCUT2D eigenvalue weighted by molar-refractivity contribution is 0.174. The minimum absolute atomic E-state index is 0.511. The van der Waals surface area contributed by atoms with Crippen LogP contribution in [0, 0.1) is 0 Å². The van der Waals surface area contributed by atoms with Gasteiger partial charge in [0.1, 0.15) is 12.2 Å². The summed E-state index contributed by atoms with van der Waals surface area (Å²) in [5.74, 6) is 1.61. The highest BCUT2D eigenvalue weighted by Crippen LogP contribution is 2.40. The maximum Gasteiger partial charge on any atom is 0.138 e. The molecule has 1 saturated carbocycles. The Labute approximate surface area is 119 Å². The normalized spacial score (nSPS) is 16.3. The molecule has 1 N–H and O–H groups in total. The van der Waals surface area contributed by atoms with E-state index >= 15 is 0 Å². The quantitative estimate of drug-likeness (QED) is 0.879. The minimum atomic E-state index is -0.511. The fourth-order valence-electron chi connectivity index (χ4n) is 2.54. The van der Waals surface area contributed by atoms with E-state index in [1.165, 1.54) is 18.4 Å². The molecule has 106 valence electrons. The third-order valence-electron chi connectivity index (χ3n) is 3.88. The molecule has 1 fully saturated rings. The van der Waals surface area contributed by atoms with Crippen LogP contribution >= 0.6 is 0 Å². The maximum absolute atomic E-state index is 10.3. The van der Waals surface area contributed by atoms with Crippen molar-refractivity contribution < 1.29 is 5.11 Å². The molecule has 4 nitrogen and oxygen atoms in total. The van der Waals surface area contributed by atoms with Gasteiger partial charge in [-0.25, -0.2) is 4.98 Å². The molecule has 0 spiro atoms. The molecule has 0 radical (unpaired) electrons. The molecule has 0 saturated heterocycles. The SMILES string of the molecule is CCCn1ncnc1CC(O)c1ccc(C2CC2)cc1. The molecule has 0 bridgehead atoms. The Hall–Kier alpha value is -1.68. The van der Waals surface area contributed by atoms with Crippen molar-refractivity contribution in [1.29, 1.82) is 0 Å². The van der Waals surface area contributed by atoms with E-state index in [-0.39, 0.29) is 0 Å². The molecule has 1 atom stereocenters. The highest BCUT2D eigenvalue weighted by molar-refractivity contribution is 5.29.